The van der Waals surface area contributed by atoms with Crippen LogP contribution in [0.15, 0.2) is 53.3 Å². The van der Waals surface area contributed by atoms with Crippen LogP contribution in [0.2, 0.25) is 0 Å². The van der Waals surface area contributed by atoms with Gasteiger partial charge in [-0.15, -0.1) is 0 Å². The van der Waals surface area contributed by atoms with Crippen molar-refractivity contribution in [2.75, 3.05) is 14.2 Å². The molecule has 3 nitrogen and oxygen atoms in total. The van der Waals surface area contributed by atoms with Crippen LogP contribution in [0.3, 0.4) is 0 Å². The molecule has 0 saturated heterocycles. The van der Waals surface area contributed by atoms with Crippen LogP contribution in [-0.4, -0.2) is 28.7 Å². The fourth-order valence-corrected chi connectivity index (χ4v) is 4.63. The summed E-state index contributed by atoms with van der Waals surface area (Å²) < 4.78 is 12.7. The van der Waals surface area contributed by atoms with E-state index in [9.17, 15) is 4.79 Å². The van der Waals surface area contributed by atoms with Crippen molar-refractivity contribution in [2.24, 2.45) is 0 Å². The third-order valence-corrected chi connectivity index (χ3v) is 5.62. The van der Waals surface area contributed by atoms with Gasteiger partial charge in [0.15, 0.2) is 0 Å². The van der Waals surface area contributed by atoms with Crippen molar-refractivity contribution in [2.45, 2.75) is 0 Å². The number of fused-ring (bicyclic) bond motifs is 1. The van der Waals surface area contributed by atoms with E-state index in [0.29, 0.717) is 11.1 Å². The number of rotatable bonds is 3. The first-order valence-electron chi connectivity index (χ1n) is 6.48. The van der Waals surface area contributed by atoms with Gasteiger partial charge in [-0.25, -0.2) is 0 Å². The van der Waals surface area contributed by atoms with Crippen LogP contribution in [0.4, 0.5) is 0 Å². The molecule has 0 atom stereocenters. The third kappa shape index (κ3) is 2.60. The summed E-state index contributed by atoms with van der Waals surface area (Å²) in [6.07, 6.45) is 0. The number of hydrogen-bond acceptors (Lipinski definition) is 3. The predicted octanol–water partition coefficient (Wildman–Crippen LogP) is 2.94. The van der Waals surface area contributed by atoms with Gasteiger partial charge in [0.25, 0.3) is 0 Å². The molecule has 0 bridgehead atoms. The Morgan fingerprint density at radius 1 is 0.952 bits per heavy atom. The normalized spacial score (nSPS) is 10.6. The third-order valence-electron chi connectivity index (χ3n) is 3.28. The van der Waals surface area contributed by atoms with Gasteiger partial charge in [0, 0.05) is 0 Å². The van der Waals surface area contributed by atoms with Crippen molar-refractivity contribution in [3.05, 3.63) is 58.8 Å². The molecule has 106 valence electrons. The van der Waals surface area contributed by atoms with Gasteiger partial charge in [-0.3, -0.25) is 0 Å². The second-order valence-electron chi connectivity index (χ2n) is 4.54. The molecule has 3 aromatic rings. The van der Waals surface area contributed by atoms with Gasteiger partial charge in [-0.2, -0.15) is 0 Å². The van der Waals surface area contributed by atoms with Crippen LogP contribution >= 0.6 is 0 Å². The van der Waals surface area contributed by atoms with Crippen molar-refractivity contribution in [3.63, 3.8) is 0 Å². The molecule has 0 aliphatic heterocycles. The van der Waals surface area contributed by atoms with Crippen LogP contribution in [-0.2, 0) is 0 Å². The first-order valence-corrected chi connectivity index (χ1v) is 8.19. The zero-order chi connectivity index (χ0) is 14.8. The molecule has 0 fully saturated rings. The van der Waals surface area contributed by atoms with Crippen molar-refractivity contribution >= 4 is 24.1 Å². The molecule has 4 heteroatoms. The molecule has 0 amide bonds. The summed E-state index contributed by atoms with van der Waals surface area (Å²) in [5.74, 6) is 1.30. The molecule has 2 aromatic carbocycles. The molecule has 1 heterocycles. The molecule has 21 heavy (non-hydrogen) atoms. The fraction of sp³-hybridized carbons (Fsp3) is 0.118. The van der Waals surface area contributed by atoms with Crippen LogP contribution in [0, 0.1) is 0 Å². The molecule has 0 spiro atoms. The SMILES string of the molecule is COc1cc(OC)c2c(=O)cc(-c3ccccc3)[se]c2c1. The number of benzene rings is 2. The quantitative estimate of drug-likeness (QED) is 0.685. The minimum atomic E-state index is -0.00326. The summed E-state index contributed by atoms with van der Waals surface area (Å²) in [7, 11) is 3.19. The zero-order valence-electron chi connectivity index (χ0n) is 11.8. The molecular weight excluding hydrogens is 331 g/mol. The van der Waals surface area contributed by atoms with Gasteiger partial charge in [0.2, 0.25) is 0 Å². The molecule has 3 rings (SSSR count). The molecular formula is C17H14O3Se. The summed E-state index contributed by atoms with van der Waals surface area (Å²) in [5.41, 5.74) is 1.09. The predicted molar refractivity (Wildman–Crippen MR) is 85.7 cm³/mol. The van der Waals surface area contributed by atoms with E-state index >= 15 is 0 Å². The van der Waals surface area contributed by atoms with Gasteiger partial charge < -0.3 is 0 Å². The Hall–Kier alpha value is -2.03. The Bertz CT molecular complexity index is 838. The Kier molecular flexibility index (Phi) is 3.82. The van der Waals surface area contributed by atoms with E-state index in [0.717, 1.165) is 20.0 Å². The average molecular weight is 345 g/mol. The van der Waals surface area contributed by atoms with Crippen LogP contribution in [0.5, 0.6) is 11.5 Å². The number of hydrogen-bond donors (Lipinski definition) is 0. The molecule has 0 aliphatic rings. The average Bonchev–Trinajstić information content (AvgIpc) is 2.54. The van der Waals surface area contributed by atoms with E-state index < -0.39 is 0 Å². The Morgan fingerprint density at radius 2 is 1.71 bits per heavy atom. The Labute approximate surface area is 128 Å². The van der Waals surface area contributed by atoms with Gasteiger partial charge in [0.05, 0.1) is 0 Å². The molecule has 1 aromatic heterocycles. The fourth-order valence-electron chi connectivity index (χ4n) is 2.25. The molecule has 0 unspecified atom stereocenters. The van der Waals surface area contributed by atoms with Gasteiger partial charge in [0.1, 0.15) is 0 Å². The zero-order valence-corrected chi connectivity index (χ0v) is 13.5. The molecule has 0 saturated carbocycles. The van der Waals surface area contributed by atoms with Crippen LogP contribution in [0.1, 0.15) is 0 Å². The van der Waals surface area contributed by atoms with Crippen molar-refractivity contribution in [3.8, 4) is 21.5 Å². The molecule has 0 N–H and O–H groups in total. The summed E-state index contributed by atoms with van der Waals surface area (Å²) in [6.45, 7) is 0. The number of ether oxygens (including phenoxy) is 2. The maximum absolute atomic E-state index is 12.5. The van der Waals surface area contributed by atoms with E-state index in [1.165, 1.54) is 0 Å². The second-order valence-corrected chi connectivity index (χ2v) is 6.82. The standard InChI is InChI=1S/C17H14O3Se/c1-19-12-8-14(20-2)17-13(18)10-15(21-16(17)9-12)11-6-4-3-5-7-11/h3-10H,1-2H3. The Morgan fingerprint density at radius 3 is 2.38 bits per heavy atom. The maximum atomic E-state index is 12.5. The summed E-state index contributed by atoms with van der Waals surface area (Å²) in [5, 5.41) is 0.665. The minimum absolute atomic E-state index is 0.00326. The van der Waals surface area contributed by atoms with Gasteiger partial charge in [-0.05, 0) is 0 Å². The van der Waals surface area contributed by atoms with Gasteiger partial charge in [-0.1, -0.05) is 0 Å². The van der Waals surface area contributed by atoms with E-state index in [-0.39, 0.29) is 19.9 Å². The first-order chi connectivity index (χ1) is 10.2. The van der Waals surface area contributed by atoms with E-state index in [4.69, 9.17) is 9.47 Å². The van der Waals surface area contributed by atoms with Crippen LogP contribution < -0.4 is 14.9 Å². The topological polar surface area (TPSA) is 35.5 Å². The van der Waals surface area contributed by atoms with Crippen molar-refractivity contribution in [1.29, 1.82) is 0 Å². The molecule has 0 aliphatic carbocycles. The van der Waals surface area contributed by atoms with E-state index in [1.54, 1.807) is 26.4 Å². The van der Waals surface area contributed by atoms with Crippen molar-refractivity contribution < 1.29 is 9.47 Å². The van der Waals surface area contributed by atoms with Crippen molar-refractivity contribution in [1.82, 2.24) is 0 Å². The van der Waals surface area contributed by atoms with Crippen LogP contribution in [0.25, 0.3) is 19.6 Å². The first kappa shape index (κ1) is 13.9. The second kappa shape index (κ2) is 5.76. The number of methoxy groups -OCH3 is 2. The Balaban J connectivity index is 2.31. The molecule has 0 radical (unpaired) electrons. The summed E-state index contributed by atoms with van der Waals surface area (Å²) >= 11 is 0.0480. The van der Waals surface area contributed by atoms with E-state index in [1.807, 2.05) is 36.4 Å². The monoisotopic (exact) mass is 346 g/mol. The van der Waals surface area contributed by atoms with Gasteiger partial charge >= 0.3 is 128 Å². The summed E-state index contributed by atoms with van der Waals surface area (Å²) in [6, 6.07) is 15.4. The van der Waals surface area contributed by atoms with E-state index in [2.05, 4.69) is 0 Å². The summed E-state index contributed by atoms with van der Waals surface area (Å²) in [4.78, 5) is 12.5.